The Hall–Kier alpha value is -2.17. The first-order valence-electron chi connectivity index (χ1n) is 5.16. The Morgan fingerprint density at radius 2 is 2.05 bits per heavy atom. The zero-order chi connectivity index (χ0) is 14.6. The molecule has 0 spiro atoms. The van der Waals surface area contributed by atoms with Gasteiger partial charge < -0.3 is 5.11 Å². The molecule has 0 saturated heterocycles. The first-order chi connectivity index (χ1) is 8.78. The van der Waals surface area contributed by atoms with E-state index in [9.17, 15) is 13.2 Å². The zero-order valence-corrected chi connectivity index (χ0v) is 11.2. The van der Waals surface area contributed by atoms with Crippen molar-refractivity contribution in [3.8, 4) is 6.07 Å². The highest BCUT2D eigenvalue weighted by Crippen LogP contribution is 2.19. The van der Waals surface area contributed by atoms with Crippen LogP contribution in [0.15, 0.2) is 29.2 Å². The molecule has 1 rings (SSSR count). The number of sulfonamides is 1. The highest BCUT2D eigenvalue weighted by molar-refractivity contribution is 7.89. The average molecular weight is 280 g/mol. The van der Waals surface area contributed by atoms with Crippen LogP contribution in [-0.2, 0) is 14.8 Å². The summed E-state index contributed by atoms with van der Waals surface area (Å²) in [6.07, 6.45) is 2.04. The summed E-state index contributed by atoms with van der Waals surface area (Å²) in [7, 11) is -0.842. The zero-order valence-electron chi connectivity index (χ0n) is 10.4. The molecule has 0 aliphatic heterocycles. The Labute approximate surface area is 111 Å². The van der Waals surface area contributed by atoms with E-state index in [1.165, 1.54) is 38.4 Å². The van der Waals surface area contributed by atoms with Crippen LogP contribution in [0.3, 0.4) is 0 Å². The number of hydrogen-bond donors (Lipinski definition) is 1. The molecule has 0 fully saturated rings. The quantitative estimate of drug-likeness (QED) is 0.826. The van der Waals surface area contributed by atoms with Gasteiger partial charge in [0.2, 0.25) is 10.0 Å². The Bertz CT molecular complexity index is 669. The molecule has 1 N–H and O–H groups in total. The van der Waals surface area contributed by atoms with E-state index in [0.29, 0.717) is 0 Å². The molecular formula is C12H12N2O4S. The third-order valence-electron chi connectivity index (χ3n) is 2.33. The van der Waals surface area contributed by atoms with Crippen LogP contribution < -0.4 is 0 Å². The molecular weight excluding hydrogens is 268 g/mol. The molecule has 0 saturated carbocycles. The SMILES string of the molecule is CN(C)S(=O)(=O)c1ccc(C#N)c(/C=C/C(=O)O)c1. The van der Waals surface area contributed by atoms with Gasteiger partial charge in [0.05, 0.1) is 16.5 Å². The Balaban J connectivity index is 3.40. The van der Waals surface area contributed by atoms with Crippen molar-refractivity contribution in [2.24, 2.45) is 0 Å². The maximum absolute atomic E-state index is 11.9. The predicted octanol–water partition coefficient (Wildman–Crippen LogP) is 0.906. The van der Waals surface area contributed by atoms with Gasteiger partial charge in [-0.2, -0.15) is 5.26 Å². The molecule has 0 aliphatic carbocycles. The van der Waals surface area contributed by atoms with Crippen LogP contribution in [0.5, 0.6) is 0 Å². The fraction of sp³-hybridized carbons (Fsp3) is 0.167. The summed E-state index contributed by atoms with van der Waals surface area (Å²) < 4.78 is 24.9. The summed E-state index contributed by atoms with van der Waals surface area (Å²) in [5.74, 6) is -1.18. The minimum atomic E-state index is -3.62. The summed E-state index contributed by atoms with van der Waals surface area (Å²) in [5, 5.41) is 17.5. The van der Waals surface area contributed by atoms with Crippen molar-refractivity contribution in [2.45, 2.75) is 4.90 Å². The smallest absolute Gasteiger partial charge is 0.328 e. The van der Waals surface area contributed by atoms with Crippen LogP contribution >= 0.6 is 0 Å². The average Bonchev–Trinajstić information content (AvgIpc) is 2.35. The van der Waals surface area contributed by atoms with Crippen LogP contribution in [0.4, 0.5) is 0 Å². The van der Waals surface area contributed by atoms with Crippen LogP contribution in [0.25, 0.3) is 6.08 Å². The molecule has 6 nitrogen and oxygen atoms in total. The fourth-order valence-electron chi connectivity index (χ4n) is 1.31. The van der Waals surface area contributed by atoms with Crippen molar-refractivity contribution in [1.82, 2.24) is 4.31 Å². The predicted molar refractivity (Wildman–Crippen MR) is 68.7 cm³/mol. The second-order valence-electron chi connectivity index (χ2n) is 3.82. The van der Waals surface area contributed by atoms with Gasteiger partial charge in [-0.05, 0) is 29.8 Å². The van der Waals surface area contributed by atoms with Crippen molar-refractivity contribution in [3.05, 3.63) is 35.4 Å². The molecule has 0 unspecified atom stereocenters. The standard InChI is InChI=1S/C12H12N2O4S/c1-14(2)19(17,18)11-5-3-10(8-13)9(7-11)4-6-12(15)16/h3-7H,1-2H3,(H,15,16)/b6-4+. The number of nitriles is 1. The van der Waals surface area contributed by atoms with Crippen LogP contribution in [-0.4, -0.2) is 37.9 Å². The molecule has 0 amide bonds. The first kappa shape index (κ1) is 14.9. The van der Waals surface area contributed by atoms with Gasteiger partial charge in [0.1, 0.15) is 0 Å². The van der Waals surface area contributed by atoms with E-state index < -0.39 is 16.0 Å². The van der Waals surface area contributed by atoms with E-state index in [4.69, 9.17) is 10.4 Å². The maximum Gasteiger partial charge on any atom is 0.328 e. The second-order valence-corrected chi connectivity index (χ2v) is 5.97. The number of carboxylic acids is 1. The summed E-state index contributed by atoms with van der Waals surface area (Å²) in [6.45, 7) is 0. The molecule has 7 heteroatoms. The van der Waals surface area contributed by atoms with Gasteiger partial charge in [-0.25, -0.2) is 17.5 Å². The summed E-state index contributed by atoms with van der Waals surface area (Å²) in [5.41, 5.74) is 0.447. The van der Waals surface area contributed by atoms with Gasteiger partial charge in [0.15, 0.2) is 0 Å². The van der Waals surface area contributed by atoms with Crippen LogP contribution in [0, 0.1) is 11.3 Å². The van der Waals surface area contributed by atoms with Gasteiger partial charge in [0, 0.05) is 20.2 Å². The summed E-state index contributed by atoms with van der Waals surface area (Å²) in [6, 6.07) is 5.80. The number of nitrogens with zero attached hydrogens (tertiary/aromatic N) is 2. The number of carboxylic acid groups (broad SMARTS) is 1. The molecule has 0 aromatic heterocycles. The number of rotatable bonds is 4. The van der Waals surface area contributed by atoms with Crippen LogP contribution in [0.2, 0.25) is 0 Å². The normalized spacial score (nSPS) is 11.7. The molecule has 100 valence electrons. The van der Waals surface area contributed by atoms with Gasteiger partial charge in [-0.1, -0.05) is 0 Å². The monoisotopic (exact) mass is 280 g/mol. The molecule has 0 bridgehead atoms. The molecule has 1 aromatic carbocycles. The number of benzene rings is 1. The lowest BCUT2D eigenvalue weighted by Crippen LogP contribution is -2.22. The molecule has 0 radical (unpaired) electrons. The number of aliphatic carboxylic acids is 1. The van der Waals surface area contributed by atoms with E-state index in [2.05, 4.69) is 0 Å². The first-order valence-corrected chi connectivity index (χ1v) is 6.60. The Morgan fingerprint density at radius 3 is 2.53 bits per heavy atom. The van der Waals surface area contributed by atoms with E-state index in [1.807, 2.05) is 6.07 Å². The van der Waals surface area contributed by atoms with Crippen molar-refractivity contribution in [1.29, 1.82) is 5.26 Å². The largest absolute Gasteiger partial charge is 0.478 e. The molecule has 0 aliphatic rings. The minimum absolute atomic E-state index is 0.00142. The highest BCUT2D eigenvalue weighted by Gasteiger charge is 2.18. The summed E-state index contributed by atoms with van der Waals surface area (Å²) >= 11 is 0. The third-order valence-corrected chi connectivity index (χ3v) is 4.14. The van der Waals surface area contributed by atoms with Crippen molar-refractivity contribution >= 4 is 22.1 Å². The maximum atomic E-state index is 11.9. The topological polar surface area (TPSA) is 98.5 Å². The van der Waals surface area contributed by atoms with Gasteiger partial charge in [0.25, 0.3) is 0 Å². The molecule has 19 heavy (non-hydrogen) atoms. The number of carbonyl (C=O) groups is 1. The lowest BCUT2D eigenvalue weighted by Gasteiger charge is -2.12. The lowest BCUT2D eigenvalue weighted by molar-refractivity contribution is -0.131. The van der Waals surface area contributed by atoms with E-state index in [0.717, 1.165) is 10.4 Å². The molecule has 0 heterocycles. The second kappa shape index (κ2) is 5.65. The van der Waals surface area contributed by atoms with Gasteiger partial charge in [-0.15, -0.1) is 0 Å². The fourth-order valence-corrected chi connectivity index (χ4v) is 2.25. The number of hydrogen-bond acceptors (Lipinski definition) is 4. The van der Waals surface area contributed by atoms with Gasteiger partial charge in [-0.3, -0.25) is 0 Å². The van der Waals surface area contributed by atoms with Crippen molar-refractivity contribution in [3.63, 3.8) is 0 Å². The summed E-state index contributed by atoms with van der Waals surface area (Å²) in [4.78, 5) is 10.5. The Kier molecular flexibility index (Phi) is 4.43. The highest BCUT2D eigenvalue weighted by atomic mass is 32.2. The third kappa shape index (κ3) is 3.40. The van der Waals surface area contributed by atoms with E-state index in [-0.39, 0.29) is 16.0 Å². The van der Waals surface area contributed by atoms with E-state index >= 15 is 0 Å². The van der Waals surface area contributed by atoms with Crippen LogP contribution in [0.1, 0.15) is 11.1 Å². The van der Waals surface area contributed by atoms with Gasteiger partial charge >= 0.3 is 5.97 Å². The lowest BCUT2D eigenvalue weighted by atomic mass is 10.1. The molecule has 1 aromatic rings. The minimum Gasteiger partial charge on any atom is -0.478 e. The van der Waals surface area contributed by atoms with E-state index in [1.54, 1.807) is 0 Å². The Morgan fingerprint density at radius 1 is 1.42 bits per heavy atom. The molecule has 0 atom stereocenters. The van der Waals surface area contributed by atoms with Crippen molar-refractivity contribution < 1.29 is 18.3 Å². The van der Waals surface area contributed by atoms with Crippen molar-refractivity contribution in [2.75, 3.05) is 14.1 Å².